The van der Waals surface area contributed by atoms with E-state index in [1.165, 1.54) is 0 Å². The van der Waals surface area contributed by atoms with Gasteiger partial charge in [0, 0.05) is 19.1 Å². The summed E-state index contributed by atoms with van der Waals surface area (Å²) in [7, 11) is 0. The van der Waals surface area contributed by atoms with E-state index in [1.807, 2.05) is 0 Å². The van der Waals surface area contributed by atoms with Crippen molar-refractivity contribution in [2.75, 3.05) is 13.1 Å². The molecule has 2 N–H and O–H groups in total. The van der Waals surface area contributed by atoms with Crippen LogP contribution in [0.3, 0.4) is 0 Å². The number of aliphatic hydroxyl groups excluding tert-OH is 1. The minimum absolute atomic E-state index is 0.131. The molecule has 0 amide bonds. The normalized spacial score (nSPS) is 38.1. The van der Waals surface area contributed by atoms with Gasteiger partial charge in [0.2, 0.25) is 0 Å². The smallest absolute Gasteiger partial charge is 0.306 e. The van der Waals surface area contributed by atoms with Crippen LogP contribution in [0.15, 0.2) is 0 Å². The monoisotopic (exact) mass is 213 g/mol. The van der Waals surface area contributed by atoms with Gasteiger partial charge in [-0.1, -0.05) is 0 Å². The molecule has 0 aromatic rings. The summed E-state index contributed by atoms with van der Waals surface area (Å²) in [5.74, 6) is -0.774. The summed E-state index contributed by atoms with van der Waals surface area (Å²) < 4.78 is 0. The van der Waals surface area contributed by atoms with E-state index < -0.39 is 5.97 Å². The van der Waals surface area contributed by atoms with Gasteiger partial charge >= 0.3 is 5.97 Å². The fourth-order valence-electron chi connectivity index (χ4n) is 2.79. The molecular weight excluding hydrogens is 194 g/mol. The van der Waals surface area contributed by atoms with Crippen molar-refractivity contribution in [1.82, 2.24) is 4.90 Å². The van der Waals surface area contributed by atoms with Crippen LogP contribution in [0.1, 0.15) is 32.1 Å². The number of likely N-dealkylation sites (tertiary alicyclic amines) is 1. The number of carboxylic acid groups (broad SMARTS) is 1. The van der Waals surface area contributed by atoms with Gasteiger partial charge in [0.15, 0.2) is 0 Å². The van der Waals surface area contributed by atoms with Crippen LogP contribution in [0, 0.1) is 5.92 Å². The van der Waals surface area contributed by atoms with E-state index in [0.29, 0.717) is 6.04 Å². The first-order chi connectivity index (χ1) is 7.16. The van der Waals surface area contributed by atoms with Crippen molar-refractivity contribution < 1.29 is 15.0 Å². The maximum Gasteiger partial charge on any atom is 0.306 e. The minimum atomic E-state index is -0.644. The highest BCUT2D eigenvalue weighted by atomic mass is 16.4. The first kappa shape index (κ1) is 10.9. The second kappa shape index (κ2) is 4.49. The Balaban J connectivity index is 1.80. The number of aliphatic carboxylic acids is 1. The Morgan fingerprint density at radius 1 is 1.13 bits per heavy atom. The predicted octanol–water partition coefficient (Wildman–Crippen LogP) is 0.696. The van der Waals surface area contributed by atoms with Crippen molar-refractivity contribution in [1.29, 1.82) is 0 Å². The Labute approximate surface area is 89.9 Å². The third-order valence-corrected chi connectivity index (χ3v) is 3.76. The SMILES string of the molecule is O=C(O)C1CCC(N2CC[C@H](O)C2)CC1. The maximum absolute atomic E-state index is 10.8. The van der Waals surface area contributed by atoms with Crippen molar-refractivity contribution >= 4 is 5.97 Å². The molecule has 1 aliphatic carbocycles. The van der Waals surface area contributed by atoms with Gasteiger partial charge in [0.1, 0.15) is 0 Å². The Bertz CT molecular complexity index is 236. The lowest BCUT2D eigenvalue weighted by Crippen LogP contribution is -2.38. The average molecular weight is 213 g/mol. The molecular formula is C11H19NO3. The van der Waals surface area contributed by atoms with E-state index in [4.69, 9.17) is 5.11 Å². The highest BCUT2D eigenvalue weighted by molar-refractivity contribution is 5.70. The number of hydrogen-bond acceptors (Lipinski definition) is 3. The van der Waals surface area contributed by atoms with E-state index >= 15 is 0 Å². The number of nitrogens with zero attached hydrogens (tertiary/aromatic N) is 1. The van der Waals surface area contributed by atoms with E-state index in [0.717, 1.165) is 45.2 Å². The molecule has 15 heavy (non-hydrogen) atoms. The van der Waals surface area contributed by atoms with Crippen LogP contribution >= 0.6 is 0 Å². The van der Waals surface area contributed by atoms with Gasteiger partial charge in [0.05, 0.1) is 12.0 Å². The van der Waals surface area contributed by atoms with Gasteiger partial charge in [-0.3, -0.25) is 9.69 Å². The second-order valence-corrected chi connectivity index (χ2v) is 4.78. The number of β-amino-alcohol motifs (C(OH)–C–C–N with tert-alkyl or cyclic N) is 1. The van der Waals surface area contributed by atoms with Crippen molar-refractivity contribution in [3.63, 3.8) is 0 Å². The number of carbonyl (C=O) groups is 1. The van der Waals surface area contributed by atoms with Crippen LogP contribution in [0.5, 0.6) is 0 Å². The number of carboxylic acids is 1. The van der Waals surface area contributed by atoms with E-state index in [-0.39, 0.29) is 12.0 Å². The number of aliphatic hydroxyl groups is 1. The molecule has 1 atom stereocenters. The van der Waals surface area contributed by atoms with Crippen molar-refractivity contribution in [3.8, 4) is 0 Å². The van der Waals surface area contributed by atoms with E-state index in [1.54, 1.807) is 0 Å². The molecule has 1 saturated carbocycles. The highest BCUT2D eigenvalue weighted by Crippen LogP contribution is 2.29. The molecule has 2 fully saturated rings. The van der Waals surface area contributed by atoms with Crippen LogP contribution in [-0.4, -0.2) is 46.3 Å². The molecule has 86 valence electrons. The third kappa shape index (κ3) is 2.49. The molecule has 1 heterocycles. The molecule has 0 radical (unpaired) electrons. The Kier molecular flexibility index (Phi) is 3.26. The second-order valence-electron chi connectivity index (χ2n) is 4.78. The quantitative estimate of drug-likeness (QED) is 0.708. The van der Waals surface area contributed by atoms with Gasteiger partial charge in [-0.2, -0.15) is 0 Å². The summed E-state index contributed by atoms with van der Waals surface area (Å²) in [5, 5.41) is 18.3. The first-order valence-electron chi connectivity index (χ1n) is 5.81. The fourth-order valence-corrected chi connectivity index (χ4v) is 2.79. The summed E-state index contributed by atoms with van der Waals surface area (Å²) in [6.07, 6.45) is 4.26. The number of hydrogen-bond donors (Lipinski definition) is 2. The van der Waals surface area contributed by atoms with Crippen LogP contribution in [0.2, 0.25) is 0 Å². The average Bonchev–Trinajstić information content (AvgIpc) is 2.65. The van der Waals surface area contributed by atoms with E-state index in [9.17, 15) is 9.90 Å². The predicted molar refractivity (Wildman–Crippen MR) is 55.6 cm³/mol. The standard InChI is InChI=1S/C11H19NO3/c13-10-5-6-12(7-10)9-3-1-8(2-4-9)11(14)15/h8-10,13H,1-7H2,(H,14,15)/t8?,9?,10-/m0/s1. The van der Waals surface area contributed by atoms with Crippen LogP contribution < -0.4 is 0 Å². The molecule has 0 aromatic carbocycles. The zero-order chi connectivity index (χ0) is 10.8. The topological polar surface area (TPSA) is 60.8 Å². The Morgan fingerprint density at radius 3 is 2.27 bits per heavy atom. The van der Waals surface area contributed by atoms with Gasteiger partial charge < -0.3 is 10.2 Å². The maximum atomic E-state index is 10.8. The number of rotatable bonds is 2. The van der Waals surface area contributed by atoms with Crippen LogP contribution in [0.25, 0.3) is 0 Å². The molecule has 1 saturated heterocycles. The Morgan fingerprint density at radius 2 is 1.80 bits per heavy atom. The summed E-state index contributed by atoms with van der Waals surface area (Å²) >= 11 is 0. The Hall–Kier alpha value is -0.610. The summed E-state index contributed by atoms with van der Waals surface area (Å²) in [4.78, 5) is 13.1. The largest absolute Gasteiger partial charge is 0.481 e. The fraction of sp³-hybridized carbons (Fsp3) is 0.909. The summed E-state index contributed by atoms with van der Waals surface area (Å²) in [6, 6.07) is 0.512. The molecule has 0 aromatic heterocycles. The van der Waals surface area contributed by atoms with Gasteiger partial charge in [0.25, 0.3) is 0 Å². The van der Waals surface area contributed by atoms with Gasteiger partial charge in [-0.15, -0.1) is 0 Å². The van der Waals surface area contributed by atoms with Crippen molar-refractivity contribution in [3.05, 3.63) is 0 Å². The van der Waals surface area contributed by atoms with Gasteiger partial charge in [-0.05, 0) is 32.1 Å². The molecule has 4 heteroatoms. The lowest BCUT2D eigenvalue weighted by molar-refractivity contribution is -0.143. The summed E-state index contributed by atoms with van der Waals surface area (Å²) in [5.41, 5.74) is 0. The molecule has 4 nitrogen and oxygen atoms in total. The third-order valence-electron chi connectivity index (χ3n) is 3.76. The zero-order valence-electron chi connectivity index (χ0n) is 8.93. The molecule has 0 spiro atoms. The first-order valence-corrected chi connectivity index (χ1v) is 5.81. The highest BCUT2D eigenvalue weighted by Gasteiger charge is 2.32. The molecule has 0 bridgehead atoms. The lowest BCUT2D eigenvalue weighted by Gasteiger charge is -2.33. The van der Waals surface area contributed by atoms with Gasteiger partial charge in [-0.25, -0.2) is 0 Å². The minimum Gasteiger partial charge on any atom is -0.481 e. The molecule has 2 rings (SSSR count). The molecule has 2 aliphatic rings. The lowest BCUT2D eigenvalue weighted by atomic mass is 9.85. The molecule has 1 aliphatic heterocycles. The van der Waals surface area contributed by atoms with Crippen LogP contribution in [0.4, 0.5) is 0 Å². The molecule has 0 unspecified atom stereocenters. The van der Waals surface area contributed by atoms with Crippen molar-refractivity contribution in [2.45, 2.75) is 44.2 Å². The zero-order valence-corrected chi connectivity index (χ0v) is 8.93. The summed E-state index contributed by atoms with van der Waals surface area (Å²) in [6.45, 7) is 1.76. The van der Waals surface area contributed by atoms with Crippen molar-refractivity contribution in [2.24, 2.45) is 5.92 Å². The van der Waals surface area contributed by atoms with Crippen LogP contribution in [-0.2, 0) is 4.79 Å². The van der Waals surface area contributed by atoms with E-state index in [2.05, 4.69) is 4.90 Å².